The summed E-state index contributed by atoms with van der Waals surface area (Å²) in [5.41, 5.74) is 6.41. The molecule has 0 aliphatic heterocycles. The van der Waals surface area contributed by atoms with E-state index in [4.69, 9.17) is 5.73 Å². The molecule has 4 nitrogen and oxygen atoms in total. The van der Waals surface area contributed by atoms with E-state index in [0.29, 0.717) is 17.4 Å². The van der Waals surface area contributed by atoms with E-state index in [9.17, 15) is 4.79 Å². The molecule has 1 saturated carbocycles. The van der Waals surface area contributed by atoms with Crippen LogP contribution >= 0.6 is 0 Å². The Morgan fingerprint density at radius 1 is 1.33 bits per heavy atom. The molecule has 1 amide bonds. The topological polar surface area (TPSA) is 59.2 Å². The number of hydrogen-bond donors (Lipinski definition) is 1. The zero-order valence-electron chi connectivity index (χ0n) is 12.4. The van der Waals surface area contributed by atoms with Crippen molar-refractivity contribution >= 4 is 22.5 Å². The van der Waals surface area contributed by atoms with Gasteiger partial charge in [0.25, 0.3) is 5.91 Å². The second-order valence-electron chi connectivity index (χ2n) is 5.95. The number of fused-ring (bicyclic) bond motifs is 1. The number of pyridine rings is 1. The summed E-state index contributed by atoms with van der Waals surface area (Å²) in [4.78, 5) is 18.6. The van der Waals surface area contributed by atoms with Crippen molar-refractivity contribution in [2.75, 3.05) is 19.3 Å². The van der Waals surface area contributed by atoms with Crippen molar-refractivity contribution in [2.24, 2.45) is 5.92 Å². The van der Waals surface area contributed by atoms with Crippen LogP contribution < -0.4 is 5.73 Å². The normalized spacial score (nSPS) is 15.5. The third-order valence-electron chi connectivity index (χ3n) is 4.34. The third kappa shape index (κ3) is 2.84. The Hall–Kier alpha value is -2.10. The molecule has 0 bridgehead atoms. The largest absolute Gasteiger partial charge is 0.383 e. The van der Waals surface area contributed by atoms with Gasteiger partial charge in [0.05, 0.1) is 0 Å². The van der Waals surface area contributed by atoms with E-state index in [-0.39, 0.29) is 5.91 Å². The van der Waals surface area contributed by atoms with Crippen LogP contribution in [-0.4, -0.2) is 29.4 Å². The minimum Gasteiger partial charge on any atom is -0.383 e. The van der Waals surface area contributed by atoms with Gasteiger partial charge in [-0.2, -0.15) is 0 Å². The fourth-order valence-electron chi connectivity index (χ4n) is 3.19. The number of rotatable bonds is 3. The van der Waals surface area contributed by atoms with E-state index in [0.717, 1.165) is 17.3 Å². The zero-order valence-corrected chi connectivity index (χ0v) is 12.4. The highest BCUT2D eigenvalue weighted by molar-refractivity contribution is 5.99. The molecule has 0 atom stereocenters. The molecule has 1 aliphatic rings. The molecule has 4 heteroatoms. The quantitative estimate of drug-likeness (QED) is 0.941. The molecule has 3 rings (SSSR count). The van der Waals surface area contributed by atoms with E-state index in [1.807, 2.05) is 37.4 Å². The lowest BCUT2D eigenvalue weighted by molar-refractivity contribution is 0.0768. The van der Waals surface area contributed by atoms with Crippen LogP contribution in [0.3, 0.4) is 0 Å². The van der Waals surface area contributed by atoms with Crippen molar-refractivity contribution in [1.82, 2.24) is 9.88 Å². The lowest BCUT2D eigenvalue weighted by atomic mass is 10.1. The molecule has 2 N–H and O–H groups in total. The molecule has 2 aromatic rings. The monoisotopic (exact) mass is 283 g/mol. The second-order valence-corrected chi connectivity index (χ2v) is 5.95. The summed E-state index contributed by atoms with van der Waals surface area (Å²) in [6.45, 7) is 0.813. The summed E-state index contributed by atoms with van der Waals surface area (Å²) in [5.74, 6) is 1.02. The van der Waals surface area contributed by atoms with Gasteiger partial charge >= 0.3 is 0 Å². The lowest BCUT2D eigenvalue weighted by Gasteiger charge is -2.21. The van der Waals surface area contributed by atoms with Crippen LogP contribution in [0.5, 0.6) is 0 Å². The van der Waals surface area contributed by atoms with Crippen molar-refractivity contribution in [3.8, 4) is 0 Å². The summed E-state index contributed by atoms with van der Waals surface area (Å²) >= 11 is 0. The lowest BCUT2D eigenvalue weighted by Crippen LogP contribution is -2.31. The number of nitrogens with two attached hydrogens (primary N) is 1. The maximum Gasteiger partial charge on any atom is 0.272 e. The van der Waals surface area contributed by atoms with Crippen molar-refractivity contribution in [3.63, 3.8) is 0 Å². The first-order valence-corrected chi connectivity index (χ1v) is 7.56. The number of carbonyl (C=O) groups excluding carboxylic acids is 1. The maximum atomic E-state index is 12.5. The second kappa shape index (κ2) is 5.72. The van der Waals surface area contributed by atoms with Crippen molar-refractivity contribution in [3.05, 3.63) is 36.0 Å². The van der Waals surface area contributed by atoms with Gasteiger partial charge in [-0.15, -0.1) is 0 Å². The average Bonchev–Trinajstić information content (AvgIpc) is 2.99. The first-order chi connectivity index (χ1) is 10.1. The molecule has 0 saturated heterocycles. The first kappa shape index (κ1) is 13.9. The number of nitrogens with zero attached hydrogens (tertiary/aromatic N) is 2. The van der Waals surface area contributed by atoms with Crippen LogP contribution in [-0.2, 0) is 0 Å². The highest BCUT2D eigenvalue weighted by Crippen LogP contribution is 2.26. The highest BCUT2D eigenvalue weighted by atomic mass is 16.2. The van der Waals surface area contributed by atoms with Gasteiger partial charge < -0.3 is 10.6 Å². The van der Waals surface area contributed by atoms with Gasteiger partial charge in [-0.25, -0.2) is 4.98 Å². The number of amides is 1. The van der Waals surface area contributed by atoms with E-state index < -0.39 is 0 Å². The van der Waals surface area contributed by atoms with Crippen LogP contribution in [0.15, 0.2) is 30.3 Å². The molecule has 1 aromatic carbocycles. The molecule has 1 aliphatic carbocycles. The van der Waals surface area contributed by atoms with Crippen LogP contribution in [0.1, 0.15) is 36.2 Å². The number of carbonyl (C=O) groups is 1. The molecule has 0 spiro atoms. The van der Waals surface area contributed by atoms with Gasteiger partial charge in [0, 0.05) is 19.0 Å². The molecule has 1 fully saturated rings. The fraction of sp³-hybridized carbons (Fsp3) is 0.412. The maximum absolute atomic E-state index is 12.5. The van der Waals surface area contributed by atoms with Gasteiger partial charge in [0.1, 0.15) is 11.5 Å². The number of nitrogen functional groups attached to an aromatic ring is 1. The molecule has 1 aromatic heterocycles. The number of anilines is 1. The molecule has 0 radical (unpaired) electrons. The van der Waals surface area contributed by atoms with Gasteiger partial charge in [-0.1, -0.05) is 37.1 Å². The third-order valence-corrected chi connectivity index (χ3v) is 4.34. The standard InChI is InChI=1S/C17H21N3O/c1-20(11-12-6-2-3-7-12)17(21)15-10-13-8-4-5-9-14(13)16(18)19-15/h4-5,8-10,12H,2-3,6-7,11H2,1H3,(H2,18,19). The van der Waals surface area contributed by atoms with E-state index in [1.165, 1.54) is 25.7 Å². The smallest absolute Gasteiger partial charge is 0.272 e. The molecule has 110 valence electrons. The molecule has 21 heavy (non-hydrogen) atoms. The van der Waals surface area contributed by atoms with Gasteiger partial charge in [-0.05, 0) is 30.2 Å². The predicted molar refractivity (Wildman–Crippen MR) is 85.1 cm³/mol. The zero-order chi connectivity index (χ0) is 14.8. The van der Waals surface area contributed by atoms with Gasteiger partial charge in [0.15, 0.2) is 0 Å². The van der Waals surface area contributed by atoms with Crippen LogP contribution in [0.25, 0.3) is 10.8 Å². The Balaban J connectivity index is 1.83. The summed E-state index contributed by atoms with van der Waals surface area (Å²) in [5, 5.41) is 1.86. The summed E-state index contributed by atoms with van der Waals surface area (Å²) in [6, 6.07) is 9.58. The summed E-state index contributed by atoms with van der Waals surface area (Å²) in [6.07, 6.45) is 5.03. The van der Waals surface area contributed by atoms with Gasteiger partial charge in [0.2, 0.25) is 0 Å². The highest BCUT2D eigenvalue weighted by Gasteiger charge is 2.21. The Morgan fingerprint density at radius 2 is 2.05 bits per heavy atom. The molecule has 1 heterocycles. The SMILES string of the molecule is CN(CC1CCCC1)C(=O)c1cc2ccccc2c(N)n1. The average molecular weight is 283 g/mol. The minimum atomic E-state index is -0.0423. The Labute approximate surface area is 125 Å². The van der Waals surface area contributed by atoms with Crippen LogP contribution in [0, 0.1) is 5.92 Å². The predicted octanol–water partition coefficient (Wildman–Crippen LogP) is 3.08. The summed E-state index contributed by atoms with van der Waals surface area (Å²) in [7, 11) is 1.85. The van der Waals surface area contributed by atoms with Crippen molar-refractivity contribution in [1.29, 1.82) is 0 Å². The first-order valence-electron chi connectivity index (χ1n) is 7.56. The Bertz CT molecular complexity index is 662. The van der Waals surface area contributed by atoms with Crippen LogP contribution in [0.2, 0.25) is 0 Å². The molecular formula is C17H21N3O. The molecular weight excluding hydrogens is 262 g/mol. The fourth-order valence-corrected chi connectivity index (χ4v) is 3.19. The Kier molecular flexibility index (Phi) is 3.78. The Morgan fingerprint density at radius 3 is 2.81 bits per heavy atom. The number of hydrogen-bond acceptors (Lipinski definition) is 3. The summed E-state index contributed by atoms with van der Waals surface area (Å²) < 4.78 is 0. The van der Waals surface area contributed by atoms with E-state index >= 15 is 0 Å². The van der Waals surface area contributed by atoms with Crippen LogP contribution in [0.4, 0.5) is 5.82 Å². The molecule has 0 unspecified atom stereocenters. The van der Waals surface area contributed by atoms with E-state index in [2.05, 4.69) is 4.98 Å². The minimum absolute atomic E-state index is 0.0423. The number of aromatic nitrogens is 1. The van der Waals surface area contributed by atoms with Crippen molar-refractivity contribution in [2.45, 2.75) is 25.7 Å². The van der Waals surface area contributed by atoms with E-state index in [1.54, 1.807) is 4.90 Å². The van der Waals surface area contributed by atoms with Crippen molar-refractivity contribution < 1.29 is 4.79 Å². The van der Waals surface area contributed by atoms with Gasteiger partial charge in [-0.3, -0.25) is 4.79 Å². The number of benzene rings is 1.